The van der Waals surface area contributed by atoms with Crippen molar-refractivity contribution in [1.29, 1.82) is 0 Å². The van der Waals surface area contributed by atoms with Crippen LogP contribution in [0.3, 0.4) is 0 Å². The van der Waals surface area contributed by atoms with Crippen molar-refractivity contribution in [2.45, 2.75) is 18.4 Å². The Kier molecular flexibility index (Phi) is 4.43. The fraction of sp³-hybridized carbons (Fsp3) is 0.500. The molecule has 2 fully saturated rings. The van der Waals surface area contributed by atoms with Crippen molar-refractivity contribution in [3.8, 4) is 5.88 Å². The molecule has 1 atom stereocenters. The first-order valence-corrected chi connectivity index (χ1v) is 9.53. The molecule has 2 aromatic rings. The number of likely N-dealkylation sites (N-methyl/N-ethyl adjacent to an activating group) is 1. The van der Waals surface area contributed by atoms with Crippen molar-refractivity contribution in [2.24, 2.45) is 5.92 Å². The minimum absolute atomic E-state index is 0.0483. The Bertz CT molecular complexity index is 716. The van der Waals surface area contributed by atoms with Crippen LogP contribution in [-0.4, -0.2) is 64.5 Å². The fourth-order valence-electron chi connectivity index (χ4n) is 3.85. The Morgan fingerprint density at radius 3 is 3.00 bits per heavy atom. The van der Waals surface area contributed by atoms with Gasteiger partial charge < -0.3 is 9.64 Å². The maximum atomic E-state index is 12.4. The van der Waals surface area contributed by atoms with Crippen LogP contribution in [0.25, 0.3) is 0 Å². The van der Waals surface area contributed by atoms with Gasteiger partial charge in [-0.3, -0.25) is 9.69 Å². The fourth-order valence-corrected chi connectivity index (χ4v) is 4.37. The molecule has 0 N–H and O–H groups in total. The molecule has 25 heavy (non-hydrogen) atoms. The molecule has 7 heteroatoms. The lowest BCUT2D eigenvalue weighted by Gasteiger charge is -2.58. The normalized spacial score (nSPS) is 22.6. The average molecular weight is 358 g/mol. The number of amides is 1. The van der Waals surface area contributed by atoms with Crippen LogP contribution in [0.2, 0.25) is 0 Å². The lowest BCUT2D eigenvalue weighted by Crippen LogP contribution is -2.72. The molecule has 0 saturated carbocycles. The topological polar surface area (TPSA) is 58.6 Å². The first-order chi connectivity index (χ1) is 12.2. The number of hydrogen-bond acceptors (Lipinski definition) is 6. The highest BCUT2D eigenvalue weighted by Crippen LogP contribution is 2.38. The highest BCUT2D eigenvalue weighted by molar-refractivity contribution is 7.07. The summed E-state index contributed by atoms with van der Waals surface area (Å²) in [6.45, 7) is 3.28. The van der Waals surface area contributed by atoms with Crippen molar-refractivity contribution < 1.29 is 9.53 Å². The van der Waals surface area contributed by atoms with Crippen molar-refractivity contribution in [3.05, 3.63) is 41.0 Å². The van der Waals surface area contributed by atoms with Crippen molar-refractivity contribution in [3.63, 3.8) is 0 Å². The van der Waals surface area contributed by atoms with E-state index < -0.39 is 0 Å². The van der Waals surface area contributed by atoms with E-state index in [-0.39, 0.29) is 11.4 Å². The number of ether oxygens (including phenoxy) is 1. The van der Waals surface area contributed by atoms with E-state index in [0.29, 0.717) is 24.1 Å². The van der Waals surface area contributed by atoms with Crippen molar-refractivity contribution in [2.75, 3.05) is 33.3 Å². The number of thiazole rings is 1. The number of likely N-dealkylation sites (tertiary alicyclic amines) is 2. The van der Waals surface area contributed by atoms with Crippen LogP contribution in [0.5, 0.6) is 5.88 Å². The van der Waals surface area contributed by atoms with E-state index in [2.05, 4.69) is 21.9 Å². The summed E-state index contributed by atoms with van der Waals surface area (Å²) in [6.07, 6.45) is 3.92. The number of nitrogens with zero attached hydrogens (tertiary/aromatic N) is 4. The van der Waals surface area contributed by atoms with Gasteiger partial charge in [-0.25, -0.2) is 9.97 Å². The summed E-state index contributed by atoms with van der Waals surface area (Å²) in [7, 11) is 2.17. The summed E-state index contributed by atoms with van der Waals surface area (Å²) in [5.74, 6) is 1.23. The van der Waals surface area contributed by atoms with Gasteiger partial charge in [0.05, 0.1) is 17.7 Å². The van der Waals surface area contributed by atoms with Gasteiger partial charge in [-0.1, -0.05) is 6.07 Å². The molecule has 0 radical (unpaired) electrons. The molecular weight excluding hydrogens is 336 g/mol. The second kappa shape index (κ2) is 6.72. The predicted octanol–water partition coefficient (Wildman–Crippen LogP) is 2.15. The highest BCUT2D eigenvalue weighted by atomic mass is 32.1. The van der Waals surface area contributed by atoms with Gasteiger partial charge in [-0.05, 0) is 38.4 Å². The molecule has 132 valence electrons. The van der Waals surface area contributed by atoms with Gasteiger partial charge in [0.25, 0.3) is 5.91 Å². The maximum absolute atomic E-state index is 12.4. The lowest BCUT2D eigenvalue weighted by atomic mass is 9.75. The molecule has 2 aliphatic rings. The van der Waals surface area contributed by atoms with E-state index in [1.807, 2.05) is 28.5 Å². The Morgan fingerprint density at radius 2 is 2.28 bits per heavy atom. The first-order valence-electron chi connectivity index (χ1n) is 8.59. The minimum atomic E-state index is 0.0483. The molecule has 6 nitrogen and oxygen atoms in total. The molecule has 1 unspecified atom stereocenters. The largest absolute Gasteiger partial charge is 0.477 e. The Balaban J connectivity index is 1.35. The molecule has 2 aromatic heterocycles. The zero-order valence-electron chi connectivity index (χ0n) is 14.3. The van der Waals surface area contributed by atoms with Crippen molar-refractivity contribution >= 4 is 17.2 Å². The van der Waals surface area contributed by atoms with E-state index in [4.69, 9.17) is 4.74 Å². The first kappa shape index (κ1) is 16.5. The molecule has 1 spiro atoms. The van der Waals surface area contributed by atoms with Gasteiger partial charge >= 0.3 is 0 Å². The Hall–Kier alpha value is -1.99. The molecule has 0 bridgehead atoms. The summed E-state index contributed by atoms with van der Waals surface area (Å²) in [4.78, 5) is 25.1. The minimum Gasteiger partial charge on any atom is -0.477 e. The lowest BCUT2D eigenvalue weighted by molar-refractivity contribution is -0.0697. The van der Waals surface area contributed by atoms with Crippen LogP contribution in [0.15, 0.2) is 35.3 Å². The van der Waals surface area contributed by atoms with Crippen molar-refractivity contribution in [1.82, 2.24) is 19.8 Å². The molecule has 4 heterocycles. The number of piperidine rings is 1. The summed E-state index contributed by atoms with van der Waals surface area (Å²) < 4.78 is 5.86. The quantitative estimate of drug-likeness (QED) is 0.838. The van der Waals surface area contributed by atoms with Gasteiger partial charge in [0.2, 0.25) is 5.88 Å². The van der Waals surface area contributed by atoms with Crippen LogP contribution < -0.4 is 4.74 Å². The third-order valence-corrected chi connectivity index (χ3v) is 5.95. The zero-order chi connectivity index (χ0) is 17.3. The average Bonchev–Trinajstić information content (AvgIpc) is 3.14. The third kappa shape index (κ3) is 3.26. The van der Waals surface area contributed by atoms with E-state index in [1.165, 1.54) is 11.3 Å². The van der Waals surface area contributed by atoms with Crippen LogP contribution >= 0.6 is 11.3 Å². The standard InChI is InChI=1S/C18H22N4O2S/c1-21-7-5-14(9-24-16-4-2-3-6-19-16)8-18(21)11-22(12-18)17(23)15-10-25-13-20-15/h2-4,6,10,13-14H,5,7-9,11-12H2,1H3. The summed E-state index contributed by atoms with van der Waals surface area (Å²) in [5, 5.41) is 1.82. The Morgan fingerprint density at radius 1 is 1.40 bits per heavy atom. The van der Waals surface area contributed by atoms with Crippen LogP contribution in [0, 0.1) is 5.92 Å². The molecule has 2 saturated heterocycles. The zero-order valence-corrected chi connectivity index (χ0v) is 15.1. The van der Waals surface area contributed by atoms with Gasteiger partial charge in [-0.15, -0.1) is 11.3 Å². The number of pyridine rings is 1. The summed E-state index contributed by atoms with van der Waals surface area (Å²) in [5.41, 5.74) is 2.36. The number of aromatic nitrogens is 2. The smallest absolute Gasteiger partial charge is 0.273 e. The van der Waals surface area contributed by atoms with Gasteiger partial charge in [0.15, 0.2) is 0 Å². The summed E-state index contributed by atoms with van der Waals surface area (Å²) >= 11 is 1.46. The van der Waals surface area contributed by atoms with Crippen LogP contribution in [-0.2, 0) is 0 Å². The summed E-state index contributed by atoms with van der Waals surface area (Å²) in [6, 6.07) is 5.72. The number of carbonyl (C=O) groups excluding carboxylic acids is 1. The SMILES string of the molecule is CN1CCC(COc2ccccn2)CC12CN(C(=O)c1cscn1)C2. The van der Waals surface area contributed by atoms with E-state index in [0.717, 1.165) is 32.5 Å². The second-order valence-electron chi connectivity index (χ2n) is 7.02. The number of hydrogen-bond donors (Lipinski definition) is 0. The van der Waals surface area contributed by atoms with Gasteiger partial charge in [-0.2, -0.15) is 0 Å². The monoisotopic (exact) mass is 358 g/mol. The highest BCUT2D eigenvalue weighted by Gasteiger charge is 2.51. The molecule has 0 aromatic carbocycles. The van der Waals surface area contributed by atoms with E-state index in [9.17, 15) is 4.79 Å². The van der Waals surface area contributed by atoms with Gasteiger partial charge in [0, 0.05) is 30.7 Å². The predicted molar refractivity (Wildman–Crippen MR) is 95.8 cm³/mol. The molecule has 4 rings (SSSR count). The van der Waals surface area contributed by atoms with E-state index >= 15 is 0 Å². The third-order valence-electron chi connectivity index (χ3n) is 5.36. The number of carbonyl (C=O) groups is 1. The Labute approximate surface area is 151 Å². The second-order valence-corrected chi connectivity index (χ2v) is 7.74. The van der Waals surface area contributed by atoms with E-state index in [1.54, 1.807) is 11.7 Å². The maximum Gasteiger partial charge on any atom is 0.273 e. The molecule has 2 aliphatic heterocycles. The van der Waals surface area contributed by atoms with Crippen LogP contribution in [0.4, 0.5) is 0 Å². The molecule has 0 aliphatic carbocycles. The number of rotatable bonds is 4. The van der Waals surface area contributed by atoms with Crippen LogP contribution in [0.1, 0.15) is 23.3 Å². The molecule has 1 amide bonds. The van der Waals surface area contributed by atoms with Gasteiger partial charge in [0.1, 0.15) is 5.69 Å². The molecular formula is C18H22N4O2S.